The molecule has 0 aliphatic rings. The normalized spacial score (nSPS) is 10.3. The molecule has 2 rings (SSSR count). The van der Waals surface area contributed by atoms with Crippen LogP contribution in [0.25, 0.3) is 11.3 Å². The van der Waals surface area contributed by atoms with Crippen LogP contribution >= 0.6 is 12.2 Å². The predicted octanol–water partition coefficient (Wildman–Crippen LogP) is 2.82. The smallest absolute Gasteiger partial charge is 0.132 e. The molecule has 0 amide bonds. The van der Waals surface area contributed by atoms with E-state index in [-0.39, 0.29) is 0 Å². The summed E-state index contributed by atoms with van der Waals surface area (Å²) in [5, 5.41) is 0. The number of hydrogen-bond donors (Lipinski definition) is 1. The van der Waals surface area contributed by atoms with Crippen LogP contribution in [0.2, 0.25) is 0 Å². The Bertz CT molecular complexity index is 546. The Labute approximate surface area is 93.2 Å². The number of pyridine rings is 1. The van der Waals surface area contributed by atoms with Crippen LogP contribution in [0.1, 0.15) is 11.1 Å². The van der Waals surface area contributed by atoms with Crippen molar-refractivity contribution in [3.8, 4) is 11.3 Å². The van der Waals surface area contributed by atoms with E-state index >= 15 is 0 Å². The lowest BCUT2D eigenvalue weighted by atomic mass is 10.1. The van der Waals surface area contributed by atoms with Crippen molar-refractivity contribution in [3.63, 3.8) is 0 Å². The summed E-state index contributed by atoms with van der Waals surface area (Å²) in [6.07, 6.45) is 5.27. The monoisotopic (exact) mass is 217 g/mol. The Morgan fingerprint density at radius 3 is 2.80 bits per heavy atom. The molecule has 0 saturated heterocycles. The molecule has 4 heteroatoms. The van der Waals surface area contributed by atoms with Crippen molar-refractivity contribution in [3.05, 3.63) is 40.6 Å². The molecular weight excluding hydrogens is 206 g/mol. The number of aromatic amines is 1. The molecule has 0 aliphatic carbocycles. The molecule has 0 atom stereocenters. The summed E-state index contributed by atoms with van der Waals surface area (Å²) in [6.45, 7) is 3.98. The minimum atomic E-state index is 0.630. The van der Waals surface area contributed by atoms with Crippen LogP contribution in [-0.4, -0.2) is 15.0 Å². The maximum Gasteiger partial charge on any atom is 0.132 e. The minimum Gasteiger partial charge on any atom is -0.345 e. The van der Waals surface area contributed by atoms with Crippen molar-refractivity contribution in [2.24, 2.45) is 0 Å². The van der Waals surface area contributed by atoms with Crippen LogP contribution in [0.5, 0.6) is 0 Å². The summed E-state index contributed by atoms with van der Waals surface area (Å²) < 4.78 is 0.630. The van der Waals surface area contributed by atoms with Crippen molar-refractivity contribution in [1.82, 2.24) is 15.0 Å². The van der Waals surface area contributed by atoms with Gasteiger partial charge in [0.25, 0.3) is 0 Å². The summed E-state index contributed by atoms with van der Waals surface area (Å²) in [5.74, 6) is 0. The van der Waals surface area contributed by atoms with Gasteiger partial charge in [-0.05, 0) is 25.5 Å². The van der Waals surface area contributed by atoms with Crippen molar-refractivity contribution >= 4 is 12.2 Å². The molecule has 2 aromatic rings. The first-order valence-corrected chi connectivity index (χ1v) is 5.05. The quantitative estimate of drug-likeness (QED) is 0.747. The second-order valence-corrected chi connectivity index (χ2v) is 3.85. The van der Waals surface area contributed by atoms with E-state index in [0.717, 1.165) is 22.4 Å². The molecule has 0 radical (unpaired) electrons. The molecule has 0 spiro atoms. The number of rotatable bonds is 1. The van der Waals surface area contributed by atoms with Crippen LogP contribution in [0, 0.1) is 18.5 Å². The fourth-order valence-electron chi connectivity index (χ4n) is 1.46. The first-order valence-electron chi connectivity index (χ1n) is 4.65. The fraction of sp³-hybridized carbons (Fsp3) is 0.182. The van der Waals surface area contributed by atoms with Gasteiger partial charge in [-0.1, -0.05) is 12.2 Å². The molecule has 1 N–H and O–H groups in total. The van der Waals surface area contributed by atoms with Gasteiger partial charge in [-0.15, -0.1) is 0 Å². The molecule has 3 nitrogen and oxygen atoms in total. The van der Waals surface area contributed by atoms with Crippen molar-refractivity contribution in [2.75, 3.05) is 0 Å². The number of nitrogens with zero attached hydrogens (tertiary/aromatic N) is 2. The zero-order chi connectivity index (χ0) is 10.8. The lowest BCUT2D eigenvalue weighted by molar-refractivity contribution is 1.11. The van der Waals surface area contributed by atoms with Gasteiger partial charge in [0.2, 0.25) is 0 Å². The van der Waals surface area contributed by atoms with Gasteiger partial charge < -0.3 is 4.98 Å². The maximum atomic E-state index is 5.12. The molecule has 0 fully saturated rings. The molecule has 0 unspecified atom stereocenters. The number of H-pyrrole nitrogens is 1. The summed E-state index contributed by atoms with van der Waals surface area (Å²) in [4.78, 5) is 11.3. The highest BCUT2D eigenvalue weighted by atomic mass is 32.1. The minimum absolute atomic E-state index is 0.630. The number of aromatic nitrogens is 3. The van der Waals surface area contributed by atoms with E-state index in [1.807, 2.05) is 26.2 Å². The summed E-state index contributed by atoms with van der Waals surface area (Å²) in [7, 11) is 0. The van der Waals surface area contributed by atoms with E-state index in [1.165, 1.54) is 0 Å². The topological polar surface area (TPSA) is 41.6 Å². The van der Waals surface area contributed by atoms with E-state index in [0.29, 0.717) is 4.64 Å². The summed E-state index contributed by atoms with van der Waals surface area (Å²) >= 11 is 5.12. The first kappa shape index (κ1) is 9.98. The average Bonchev–Trinajstić information content (AvgIpc) is 2.22. The molecule has 2 heterocycles. The van der Waals surface area contributed by atoms with Gasteiger partial charge in [0.15, 0.2) is 0 Å². The zero-order valence-corrected chi connectivity index (χ0v) is 9.43. The summed E-state index contributed by atoms with van der Waals surface area (Å²) in [5.41, 5.74) is 4.15. The van der Waals surface area contributed by atoms with Crippen LogP contribution in [0.3, 0.4) is 0 Å². The van der Waals surface area contributed by atoms with E-state index < -0.39 is 0 Å². The van der Waals surface area contributed by atoms with E-state index in [1.54, 1.807) is 6.33 Å². The van der Waals surface area contributed by atoms with Crippen molar-refractivity contribution < 1.29 is 0 Å². The average molecular weight is 217 g/mol. The molecular formula is C11H11N3S. The maximum absolute atomic E-state index is 5.12. The number of aryl methyl sites for hydroxylation is 1. The highest BCUT2D eigenvalue weighted by Gasteiger charge is 2.03. The Balaban J connectivity index is 2.64. The van der Waals surface area contributed by atoms with E-state index in [4.69, 9.17) is 12.2 Å². The molecule has 0 bridgehead atoms. The lowest BCUT2D eigenvalue weighted by Gasteiger charge is -2.05. The Morgan fingerprint density at radius 2 is 2.07 bits per heavy atom. The van der Waals surface area contributed by atoms with Gasteiger partial charge >= 0.3 is 0 Å². The van der Waals surface area contributed by atoms with Crippen molar-refractivity contribution in [1.29, 1.82) is 0 Å². The third-order valence-electron chi connectivity index (χ3n) is 2.25. The standard InChI is InChI=1S/C11H11N3S/c1-7-3-9(5-12-4-7)10-8(2)11(15)14-6-13-10/h3-6H,1-2H3,(H,13,14,15). The first-order chi connectivity index (χ1) is 7.18. The van der Waals surface area contributed by atoms with Crippen LogP contribution in [-0.2, 0) is 0 Å². The Hall–Kier alpha value is -1.55. The highest BCUT2D eigenvalue weighted by Crippen LogP contribution is 2.20. The van der Waals surface area contributed by atoms with Gasteiger partial charge in [0, 0.05) is 23.5 Å². The molecule has 0 aromatic carbocycles. The van der Waals surface area contributed by atoms with E-state index in [9.17, 15) is 0 Å². The number of nitrogens with one attached hydrogen (secondary N) is 1. The van der Waals surface area contributed by atoms with Gasteiger partial charge in [-0.25, -0.2) is 4.98 Å². The SMILES string of the molecule is Cc1cncc(-c2[nH]cnc(=S)c2C)c1. The largest absolute Gasteiger partial charge is 0.345 e. The molecule has 15 heavy (non-hydrogen) atoms. The third-order valence-corrected chi connectivity index (χ3v) is 2.66. The molecule has 2 aromatic heterocycles. The number of hydrogen-bond acceptors (Lipinski definition) is 3. The van der Waals surface area contributed by atoms with Gasteiger partial charge in [0.1, 0.15) is 4.64 Å². The summed E-state index contributed by atoms with van der Waals surface area (Å²) in [6, 6.07) is 2.07. The molecule has 0 aliphatic heterocycles. The van der Waals surface area contributed by atoms with Crippen LogP contribution in [0.15, 0.2) is 24.8 Å². The van der Waals surface area contributed by atoms with E-state index in [2.05, 4.69) is 21.0 Å². The van der Waals surface area contributed by atoms with Gasteiger partial charge in [-0.2, -0.15) is 0 Å². The van der Waals surface area contributed by atoms with Crippen LogP contribution < -0.4 is 0 Å². The Morgan fingerprint density at radius 1 is 1.27 bits per heavy atom. The highest BCUT2D eigenvalue weighted by molar-refractivity contribution is 7.71. The zero-order valence-electron chi connectivity index (χ0n) is 8.61. The fourth-order valence-corrected chi connectivity index (χ4v) is 1.61. The second-order valence-electron chi connectivity index (χ2n) is 3.46. The predicted molar refractivity (Wildman–Crippen MR) is 62.1 cm³/mol. The second kappa shape index (κ2) is 3.90. The van der Waals surface area contributed by atoms with Crippen LogP contribution in [0.4, 0.5) is 0 Å². The Kier molecular flexibility index (Phi) is 2.60. The molecule has 76 valence electrons. The lowest BCUT2D eigenvalue weighted by Crippen LogP contribution is -1.92. The molecule has 0 saturated carbocycles. The van der Waals surface area contributed by atoms with Crippen molar-refractivity contribution in [2.45, 2.75) is 13.8 Å². The van der Waals surface area contributed by atoms with Gasteiger partial charge in [0.05, 0.1) is 12.0 Å². The third kappa shape index (κ3) is 1.94. The van der Waals surface area contributed by atoms with Gasteiger partial charge in [-0.3, -0.25) is 4.98 Å².